The van der Waals surface area contributed by atoms with Gasteiger partial charge in [-0.05, 0) is 93.9 Å². The minimum atomic E-state index is -0.0812. The van der Waals surface area contributed by atoms with Crippen LogP contribution in [-0.4, -0.2) is 53.4 Å². The van der Waals surface area contributed by atoms with Gasteiger partial charge in [0.05, 0.1) is 11.7 Å². The number of benzene rings is 1. The number of aryl methyl sites for hydroxylation is 2. The van der Waals surface area contributed by atoms with Gasteiger partial charge in [0.1, 0.15) is 0 Å². The summed E-state index contributed by atoms with van der Waals surface area (Å²) in [5.41, 5.74) is 5.19. The molecule has 4 nitrogen and oxygen atoms in total. The number of aromatic nitrogens is 1. The molecule has 160 valence electrons. The Morgan fingerprint density at radius 3 is 2.77 bits per heavy atom. The maximum Gasteiger partial charge on any atom is 0.239 e. The van der Waals surface area contributed by atoms with E-state index >= 15 is 0 Å². The number of amides is 1. The van der Waals surface area contributed by atoms with Crippen molar-refractivity contribution in [2.24, 2.45) is 5.92 Å². The topological polar surface area (TPSA) is 36.4 Å². The number of carbonyl (C=O) groups excluding carboxylic acids is 1. The fourth-order valence-electron chi connectivity index (χ4n) is 5.12. The van der Waals surface area contributed by atoms with Crippen LogP contribution in [0, 0.1) is 5.92 Å². The van der Waals surface area contributed by atoms with E-state index in [2.05, 4.69) is 44.0 Å². The summed E-state index contributed by atoms with van der Waals surface area (Å²) in [6, 6.07) is 10.7. The van der Waals surface area contributed by atoms with E-state index in [9.17, 15) is 4.79 Å². The molecule has 0 radical (unpaired) electrons. The van der Waals surface area contributed by atoms with Gasteiger partial charge in [0.15, 0.2) is 0 Å². The van der Waals surface area contributed by atoms with Crippen LogP contribution in [0.15, 0.2) is 36.5 Å². The van der Waals surface area contributed by atoms with Crippen molar-refractivity contribution in [2.45, 2.75) is 57.5 Å². The van der Waals surface area contributed by atoms with Gasteiger partial charge >= 0.3 is 0 Å². The van der Waals surface area contributed by atoms with Crippen molar-refractivity contribution in [1.29, 1.82) is 0 Å². The van der Waals surface area contributed by atoms with E-state index in [0.29, 0.717) is 5.92 Å². The van der Waals surface area contributed by atoms with E-state index in [1.165, 1.54) is 22.4 Å². The number of pyridine rings is 1. The Bertz CT molecular complexity index is 928. The van der Waals surface area contributed by atoms with Crippen LogP contribution in [0.4, 0.5) is 0 Å². The van der Waals surface area contributed by atoms with Crippen LogP contribution < -0.4 is 0 Å². The number of nitrogens with zero attached hydrogens (tertiary/aromatic N) is 3. The number of likely N-dealkylation sites (tertiary alicyclic amines) is 1. The van der Waals surface area contributed by atoms with Crippen molar-refractivity contribution >= 4 is 17.5 Å². The molecule has 0 saturated carbocycles. The average Bonchev–Trinajstić information content (AvgIpc) is 2.89. The Balaban J connectivity index is 1.73. The van der Waals surface area contributed by atoms with Crippen LogP contribution in [0.25, 0.3) is 0 Å². The molecule has 2 aromatic rings. The Morgan fingerprint density at radius 1 is 1.23 bits per heavy atom. The second kappa shape index (κ2) is 8.68. The molecule has 1 aliphatic heterocycles. The van der Waals surface area contributed by atoms with Gasteiger partial charge < -0.3 is 4.90 Å². The minimum absolute atomic E-state index is 0.0812. The smallest absolute Gasteiger partial charge is 0.239 e. The molecule has 3 atom stereocenters. The first kappa shape index (κ1) is 21.3. The number of hydrogen-bond acceptors (Lipinski definition) is 3. The molecule has 1 aromatic heterocycles. The van der Waals surface area contributed by atoms with Crippen LogP contribution in [0.1, 0.15) is 55.0 Å². The van der Waals surface area contributed by atoms with Gasteiger partial charge in [-0.25, -0.2) is 0 Å². The highest BCUT2D eigenvalue weighted by Gasteiger charge is 2.39. The summed E-state index contributed by atoms with van der Waals surface area (Å²) in [6.07, 6.45) is 5.80. The SMILES string of the molecule is CC(C)N(C)C(=O)[C@H]1CC([C@@H]2c3ccc(Cl)cc3CCc3cccnc32)CCN1C. The molecule has 1 aromatic carbocycles. The first-order valence-corrected chi connectivity index (χ1v) is 11.4. The highest BCUT2D eigenvalue weighted by atomic mass is 35.5. The minimum Gasteiger partial charge on any atom is -0.342 e. The normalized spacial score (nSPS) is 24.1. The van der Waals surface area contributed by atoms with Crippen molar-refractivity contribution in [2.75, 3.05) is 20.6 Å². The molecule has 4 rings (SSSR count). The molecular formula is C25H32ClN3O. The number of fused-ring (bicyclic) bond motifs is 2. The molecule has 2 heterocycles. The molecular weight excluding hydrogens is 394 g/mol. The standard InChI is InChI=1S/C25H32ClN3O/c1-16(2)29(4)25(30)22-15-19(11-13-28(22)3)23-21-10-9-20(26)14-18(21)8-7-17-6-5-12-27-24(17)23/h5-6,9-10,12,14,16,19,22-23H,7-8,11,13,15H2,1-4H3/t19?,22-,23-/m1/s1. The number of halogens is 1. The Labute approximate surface area is 185 Å². The van der Waals surface area contributed by atoms with E-state index in [1.807, 2.05) is 30.3 Å². The number of likely N-dealkylation sites (N-methyl/N-ethyl adjacent to an activating group) is 2. The second-order valence-electron chi connectivity index (χ2n) is 9.19. The maximum atomic E-state index is 13.2. The van der Waals surface area contributed by atoms with Crippen molar-refractivity contribution in [1.82, 2.24) is 14.8 Å². The number of piperidine rings is 1. The van der Waals surface area contributed by atoms with E-state index in [-0.39, 0.29) is 23.9 Å². The lowest BCUT2D eigenvalue weighted by Crippen LogP contribution is -2.52. The lowest BCUT2D eigenvalue weighted by molar-refractivity contribution is -0.138. The number of hydrogen-bond donors (Lipinski definition) is 0. The summed E-state index contributed by atoms with van der Waals surface area (Å²) in [4.78, 5) is 22.2. The van der Waals surface area contributed by atoms with Gasteiger partial charge in [0.25, 0.3) is 0 Å². The molecule has 1 amide bonds. The summed E-state index contributed by atoms with van der Waals surface area (Å²) in [6.45, 7) is 5.07. The Kier molecular flexibility index (Phi) is 6.17. The molecule has 1 unspecified atom stereocenters. The summed E-state index contributed by atoms with van der Waals surface area (Å²) < 4.78 is 0. The zero-order valence-corrected chi connectivity index (χ0v) is 19.2. The largest absolute Gasteiger partial charge is 0.342 e. The quantitative estimate of drug-likeness (QED) is 0.724. The van der Waals surface area contributed by atoms with Crippen LogP contribution in [-0.2, 0) is 17.6 Å². The second-order valence-corrected chi connectivity index (χ2v) is 9.63. The zero-order chi connectivity index (χ0) is 21.4. The summed E-state index contributed by atoms with van der Waals surface area (Å²) in [5, 5.41) is 0.793. The van der Waals surface area contributed by atoms with Crippen molar-refractivity contribution < 1.29 is 4.79 Å². The number of carbonyl (C=O) groups is 1. The van der Waals surface area contributed by atoms with Gasteiger partial charge in [-0.3, -0.25) is 14.7 Å². The van der Waals surface area contributed by atoms with E-state index in [0.717, 1.165) is 37.3 Å². The predicted molar refractivity (Wildman–Crippen MR) is 122 cm³/mol. The summed E-state index contributed by atoms with van der Waals surface area (Å²) in [5.74, 6) is 0.815. The maximum absolute atomic E-state index is 13.2. The molecule has 1 aliphatic carbocycles. The van der Waals surface area contributed by atoms with E-state index in [1.54, 1.807) is 0 Å². The van der Waals surface area contributed by atoms with Gasteiger partial charge in [-0.1, -0.05) is 23.7 Å². The predicted octanol–water partition coefficient (Wildman–Crippen LogP) is 4.54. The third-order valence-electron chi connectivity index (χ3n) is 7.11. The average molecular weight is 426 g/mol. The van der Waals surface area contributed by atoms with Crippen LogP contribution in [0.3, 0.4) is 0 Å². The Morgan fingerprint density at radius 2 is 2.00 bits per heavy atom. The molecule has 1 saturated heterocycles. The molecule has 2 aliphatic rings. The molecule has 1 fully saturated rings. The molecule has 30 heavy (non-hydrogen) atoms. The third-order valence-corrected chi connectivity index (χ3v) is 7.35. The van der Waals surface area contributed by atoms with Crippen LogP contribution >= 0.6 is 11.6 Å². The summed E-state index contributed by atoms with van der Waals surface area (Å²) in [7, 11) is 4.00. The zero-order valence-electron chi connectivity index (χ0n) is 18.4. The number of rotatable bonds is 3. The van der Waals surface area contributed by atoms with Crippen molar-refractivity contribution in [3.8, 4) is 0 Å². The molecule has 5 heteroatoms. The van der Waals surface area contributed by atoms with Crippen molar-refractivity contribution in [3.63, 3.8) is 0 Å². The van der Waals surface area contributed by atoms with E-state index in [4.69, 9.17) is 16.6 Å². The lowest BCUT2D eigenvalue weighted by Gasteiger charge is -2.41. The monoisotopic (exact) mass is 425 g/mol. The summed E-state index contributed by atoms with van der Waals surface area (Å²) >= 11 is 6.35. The van der Waals surface area contributed by atoms with Crippen molar-refractivity contribution in [3.05, 3.63) is 63.9 Å². The fraction of sp³-hybridized carbons (Fsp3) is 0.520. The first-order valence-electron chi connectivity index (χ1n) is 11.1. The van der Waals surface area contributed by atoms with E-state index < -0.39 is 0 Å². The lowest BCUT2D eigenvalue weighted by atomic mass is 9.74. The molecule has 0 bridgehead atoms. The molecule has 0 spiro atoms. The highest BCUT2D eigenvalue weighted by molar-refractivity contribution is 6.30. The van der Waals surface area contributed by atoms with Gasteiger partial charge in [0, 0.05) is 30.2 Å². The first-order chi connectivity index (χ1) is 14.4. The Hall–Kier alpha value is -1.91. The molecule has 0 N–H and O–H groups in total. The fourth-order valence-corrected chi connectivity index (χ4v) is 5.32. The van der Waals surface area contributed by atoms with Gasteiger partial charge in [0.2, 0.25) is 5.91 Å². The third kappa shape index (κ3) is 4.00. The van der Waals surface area contributed by atoms with Crippen LogP contribution in [0.5, 0.6) is 0 Å². The van der Waals surface area contributed by atoms with Gasteiger partial charge in [-0.2, -0.15) is 0 Å². The van der Waals surface area contributed by atoms with Crippen LogP contribution in [0.2, 0.25) is 5.02 Å². The highest BCUT2D eigenvalue weighted by Crippen LogP contribution is 2.43. The van der Waals surface area contributed by atoms with Gasteiger partial charge in [-0.15, -0.1) is 0 Å².